The quantitative estimate of drug-likeness (QED) is 0.275. The minimum Gasteiger partial charge on any atom is -0.480 e. The van der Waals surface area contributed by atoms with Crippen molar-refractivity contribution in [3.05, 3.63) is 36.0 Å². The average molecular weight is 406 g/mol. The number of amides is 2. The van der Waals surface area contributed by atoms with Crippen LogP contribution in [0.1, 0.15) is 19.4 Å². The Morgan fingerprint density at radius 2 is 1.72 bits per heavy atom. The number of aliphatic hydroxyl groups excluding tert-OH is 2. The van der Waals surface area contributed by atoms with E-state index in [0.717, 1.165) is 16.5 Å². The summed E-state index contributed by atoms with van der Waals surface area (Å²) >= 11 is 0. The fourth-order valence-electron chi connectivity index (χ4n) is 2.86. The van der Waals surface area contributed by atoms with Crippen LogP contribution in [0.5, 0.6) is 0 Å². The van der Waals surface area contributed by atoms with Crippen LogP contribution >= 0.6 is 0 Å². The third-order valence-corrected chi connectivity index (χ3v) is 4.60. The molecule has 29 heavy (non-hydrogen) atoms. The number of benzene rings is 1. The highest BCUT2D eigenvalue weighted by atomic mass is 16.4. The summed E-state index contributed by atoms with van der Waals surface area (Å²) in [6.45, 7) is 2.57. The largest absolute Gasteiger partial charge is 0.480 e. The van der Waals surface area contributed by atoms with Crippen molar-refractivity contribution >= 4 is 28.7 Å². The lowest BCUT2D eigenvalue weighted by atomic mass is 10.0. The zero-order valence-corrected chi connectivity index (χ0v) is 16.1. The predicted molar refractivity (Wildman–Crippen MR) is 105 cm³/mol. The number of carboxylic acids is 1. The van der Waals surface area contributed by atoms with E-state index in [1.165, 1.54) is 13.8 Å². The number of carboxylic acid groups (broad SMARTS) is 1. The van der Waals surface area contributed by atoms with E-state index in [9.17, 15) is 29.7 Å². The number of aliphatic hydroxyl groups is 2. The van der Waals surface area contributed by atoms with Crippen LogP contribution in [0.2, 0.25) is 0 Å². The van der Waals surface area contributed by atoms with Gasteiger partial charge in [0, 0.05) is 23.5 Å². The number of rotatable bonds is 9. The molecule has 0 radical (unpaired) electrons. The van der Waals surface area contributed by atoms with E-state index in [-0.39, 0.29) is 6.42 Å². The minimum atomic E-state index is -1.55. The van der Waals surface area contributed by atoms with Gasteiger partial charge in [0.15, 0.2) is 6.04 Å². The van der Waals surface area contributed by atoms with Gasteiger partial charge in [-0.2, -0.15) is 0 Å². The summed E-state index contributed by atoms with van der Waals surface area (Å²) in [6, 6.07) is 3.38. The number of nitrogens with two attached hydrogens (primary N) is 1. The molecule has 2 amide bonds. The van der Waals surface area contributed by atoms with Crippen molar-refractivity contribution in [2.24, 2.45) is 5.73 Å². The van der Waals surface area contributed by atoms with E-state index >= 15 is 0 Å². The minimum absolute atomic E-state index is 0.0419. The molecule has 0 spiro atoms. The van der Waals surface area contributed by atoms with Gasteiger partial charge >= 0.3 is 5.97 Å². The molecule has 0 fully saturated rings. The van der Waals surface area contributed by atoms with Crippen LogP contribution in [0.3, 0.4) is 0 Å². The highest BCUT2D eigenvalue weighted by Gasteiger charge is 2.31. The first kappa shape index (κ1) is 22.3. The Hall–Kier alpha value is -2.95. The molecule has 1 aromatic carbocycles. The maximum atomic E-state index is 12.7. The molecule has 0 saturated heterocycles. The number of carbonyl (C=O) groups excluding carboxylic acids is 2. The number of nitrogens with one attached hydrogen (secondary N) is 3. The van der Waals surface area contributed by atoms with Gasteiger partial charge in [-0.15, -0.1) is 0 Å². The van der Waals surface area contributed by atoms with Crippen LogP contribution in [0.4, 0.5) is 0 Å². The third-order valence-electron chi connectivity index (χ3n) is 4.60. The lowest BCUT2D eigenvalue weighted by Gasteiger charge is -2.24. The second-order valence-corrected chi connectivity index (χ2v) is 6.96. The Bertz CT molecular complexity index is 878. The van der Waals surface area contributed by atoms with E-state index in [2.05, 4.69) is 15.6 Å². The van der Waals surface area contributed by atoms with Gasteiger partial charge < -0.3 is 36.7 Å². The molecule has 10 heteroatoms. The number of hydrogen-bond donors (Lipinski definition) is 7. The van der Waals surface area contributed by atoms with Gasteiger partial charge in [-0.05, 0) is 25.5 Å². The summed E-state index contributed by atoms with van der Waals surface area (Å²) < 4.78 is 0. The van der Waals surface area contributed by atoms with Gasteiger partial charge in [0.1, 0.15) is 12.1 Å². The van der Waals surface area contributed by atoms with Crippen molar-refractivity contribution in [1.29, 1.82) is 0 Å². The molecule has 1 aromatic heterocycles. The first-order valence-corrected chi connectivity index (χ1v) is 9.12. The van der Waals surface area contributed by atoms with Crippen molar-refractivity contribution in [3.63, 3.8) is 0 Å². The van der Waals surface area contributed by atoms with Crippen LogP contribution < -0.4 is 16.4 Å². The molecular weight excluding hydrogens is 380 g/mol. The van der Waals surface area contributed by atoms with Crippen molar-refractivity contribution in [2.75, 3.05) is 0 Å². The molecule has 8 N–H and O–H groups in total. The maximum Gasteiger partial charge on any atom is 0.328 e. The van der Waals surface area contributed by atoms with E-state index in [0.29, 0.717) is 0 Å². The predicted octanol–water partition coefficient (Wildman–Crippen LogP) is -1.15. The number of H-pyrrole nitrogens is 1. The number of aliphatic carboxylic acids is 1. The number of carbonyl (C=O) groups is 3. The van der Waals surface area contributed by atoms with E-state index in [4.69, 9.17) is 5.73 Å². The number of para-hydroxylation sites is 1. The molecule has 0 bridgehead atoms. The summed E-state index contributed by atoms with van der Waals surface area (Å²) in [6.07, 6.45) is -0.758. The van der Waals surface area contributed by atoms with Crippen LogP contribution in [-0.4, -0.2) is 68.4 Å². The molecule has 2 aromatic rings. The molecule has 0 unspecified atom stereocenters. The zero-order valence-electron chi connectivity index (χ0n) is 16.1. The molecule has 0 aliphatic carbocycles. The number of hydrogen-bond acceptors (Lipinski definition) is 6. The number of aromatic nitrogens is 1. The normalized spacial score (nSPS) is 16.4. The van der Waals surface area contributed by atoms with Crippen LogP contribution in [0.25, 0.3) is 10.9 Å². The summed E-state index contributed by atoms with van der Waals surface area (Å²) in [7, 11) is 0. The number of fused-ring (bicyclic) bond motifs is 1. The highest BCUT2D eigenvalue weighted by Crippen LogP contribution is 2.19. The SMILES string of the molecule is C[C@@H](O)[C@H](N)C(=O)N[C@@H](Cc1c[nH]c2ccccc12)C(=O)N[C@H](C(=O)O)[C@@H](C)O. The van der Waals surface area contributed by atoms with Gasteiger partial charge in [-0.1, -0.05) is 18.2 Å². The fraction of sp³-hybridized carbons (Fsp3) is 0.421. The molecule has 2 rings (SSSR count). The first-order valence-electron chi connectivity index (χ1n) is 9.12. The second kappa shape index (κ2) is 9.50. The molecular formula is C19H26N4O6. The van der Waals surface area contributed by atoms with Crippen molar-refractivity contribution in [3.8, 4) is 0 Å². The molecule has 0 aliphatic rings. The van der Waals surface area contributed by atoms with Gasteiger partial charge in [0.2, 0.25) is 11.8 Å². The van der Waals surface area contributed by atoms with Crippen molar-refractivity contribution < 1.29 is 29.7 Å². The molecule has 1 heterocycles. The molecule has 158 valence electrons. The Labute approximate surface area is 167 Å². The molecule has 0 saturated carbocycles. The summed E-state index contributed by atoms with van der Waals surface area (Å²) in [5.74, 6) is -2.97. The lowest BCUT2D eigenvalue weighted by Crippen LogP contribution is -2.58. The molecule has 0 aliphatic heterocycles. The Balaban J connectivity index is 2.28. The fourth-order valence-corrected chi connectivity index (χ4v) is 2.86. The van der Waals surface area contributed by atoms with Gasteiger partial charge in [0.25, 0.3) is 0 Å². The van der Waals surface area contributed by atoms with Gasteiger partial charge in [0.05, 0.1) is 12.2 Å². The second-order valence-electron chi connectivity index (χ2n) is 6.96. The third kappa shape index (κ3) is 5.53. The Kier molecular flexibility index (Phi) is 7.32. The van der Waals surface area contributed by atoms with Crippen LogP contribution in [0, 0.1) is 0 Å². The summed E-state index contributed by atoms with van der Waals surface area (Å²) in [4.78, 5) is 39.4. The Morgan fingerprint density at radius 3 is 2.31 bits per heavy atom. The van der Waals surface area contributed by atoms with E-state index in [1.807, 2.05) is 24.3 Å². The topological polar surface area (TPSA) is 178 Å². The van der Waals surface area contributed by atoms with Crippen LogP contribution in [0.15, 0.2) is 30.5 Å². The average Bonchev–Trinajstić information content (AvgIpc) is 3.07. The van der Waals surface area contributed by atoms with Gasteiger partial charge in [-0.3, -0.25) is 9.59 Å². The first-order chi connectivity index (χ1) is 13.6. The summed E-state index contributed by atoms with van der Waals surface area (Å²) in [5, 5.41) is 33.9. The standard InChI is InChI=1S/C19H26N4O6/c1-9(24)15(20)18(27)22-14(17(26)23-16(10(2)25)19(28)29)7-11-8-21-13-6-4-3-5-12(11)13/h3-6,8-10,14-16,21,24-25H,7,20H2,1-2H3,(H,22,27)(H,23,26)(H,28,29)/t9-,10-,14+,15+,16+/m1/s1. The van der Waals surface area contributed by atoms with Crippen LogP contribution in [-0.2, 0) is 20.8 Å². The van der Waals surface area contributed by atoms with E-state index < -0.39 is 48.1 Å². The highest BCUT2D eigenvalue weighted by molar-refractivity contribution is 5.93. The van der Waals surface area contributed by atoms with Crippen molar-refractivity contribution in [2.45, 2.75) is 50.6 Å². The van der Waals surface area contributed by atoms with Gasteiger partial charge in [-0.25, -0.2) is 4.79 Å². The molecule has 10 nitrogen and oxygen atoms in total. The molecule has 5 atom stereocenters. The number of aromatic amines is 1. The summed E-state index contributed by atoms with van der Waals surface area (Å²) in [5.41, 5.74) is 7.19. The Morgan fingerprint density at radius 1 is 1.07 bits per heavy atom. The van der Waals surface area contributed by atoms with E-state index in [1.54, 1.807) is 6.20 Å². The maximum absolute atomic E-state index is 12.7. The zero-order chi connectivity index (χ0) is 21.7. The lowest BCUT2D eigenvalue weighted by molar-refractivity contribution is -0.145. The monoisotopic (exact) mass is 406 g/mol. The van der Waals surface area contributed by atoms with Crippen molar-refractivity contribution in [1.82, 2.24) is 15.6 Å². The smallest absolute Gasteiger partial charge is 0.328 e.